The lowest BCUT2D eigenvalue weighted by atomic mass is 10.1. The second-order valence-electron chi connectivity index (χ2n) is 8.60. The largest absolute Gasteiger partial charge is 0.493 e. The topological polar surface area (TPSA) is 102 Å². The maximum absolute atomic E-state index is 12.4. The Bertz CT molecular complexity index is 709. The molecule has 0 aromatic heterocycles. The molecule has 0 radical (unpaired) electrons. The van der Waals surface area contributed by atoms with Gasteiger partial charge in [0.15, 0.2) is 11.5 Å². The number of rotatable bonds is 10. The number of amides is 1. The van der Waals surface area contributed by atoms with Crippen LogP contribution in [0.4, 0.5) is 4.79 Å². The molecule has 1 rings (SSSR count). The lowest BCUT2D eigenvalue weighted by Gasteiger charge is -2.21. The van der Waals surface area contributed by atoms with Gasteiger partial charge in [0, 0.05) is 6.54 Å². The highest BCUT2D eigenvalue weighted by Gasteiger charge is 2.22. The summed E-state index contributed by atoms with van der Waals surface area (Å²) in [5, 5.41) is 2.61. The van der Waals surface area contributed by atoms with Crippen LogP contribution >= 0.6 is 0 Å². The summed E-state index contributed by atoms with van der Waals surface area (Å²) in [6.07, 6.45) is -0.494. The lowest BCUT2D eigenvalue weighted by molar-refractivity contribution is 0.00684. The number of carbonyl (C=O) groups is 2. The normalized spacial score (nSPS) is 11.5. The van der Waals surface area contributed by atoms with Crippen LogP contribution in [-0.2, 0) is 14.2 Å². The van der Waals surface area contributed by atoms with Crippen molar-refractivity contribution in [1.82, 2.24) is 5.32 Å². The maximum atomic E-state index is 12.4. The number of benzene rings is 1. The van der Waals surface area contributed by atoms with Gasteiger partial charge in [-0.3, -0.25) is 0 Å². The summed E-state index contributed by atoms with van der Waals surface area (Å²) < 4.78 is 32.4. The Balaban J connectivity index is 2.57. The van der Waals surface area contributed by atoms with Gasteiger partial charge in [-0.15, -0.1) is 0 Å². The molecule has 9 heteroatoms. The minimum atomic E-state index is -0.623. The van der Waals surface area contributed by atoms with E-state index in [0.29, 0.717) is 36.0 Å². The number of hydrogen-bond donors (Lipinski definition) is 1. The van der Waals surface area contributed by atoms with E-state index in [1.807, 2.05) is 0 Å². The predicted molar refractivity (Wildman–Crippen MR) is 115 cm³/mol. The van der Waals surface area contributed by atoms with Crippen LogP contribution < -0.4 is 19.5 Å². The minimum Gasteiger partial charge on any atom is -0.493 e. The summed E-state index contributed by atoms with van der Waals surface area (Å²) in [7, 11) is 2.94. The SMILES string of the molecule is COc1cc(C(=O)OC(C)(C)C)cc(OC)c1OCCOCCNC(=O)OC(C)(C)C. The first-order valence-electron chi connectivity index (χ1n) is 10.0. The van der Waals surface area contributed by atoms with Crippen molar-refractivity contribution >= 4 is 12.1 Å². The van der Waals surface area contributed by atoms with Crippen molar-refractivity contribution < 1.29 is 38.0 Å². The van der Waals surface area contributed by atoms with Crippen molar-refractivity contribution in [2.24, 2.45) is 0 Å². The molecular weight excluding hydrogens is 406 g/mol. The molecule has 1 amide bonds. The fraction of sp³-hybridized carbons (Fsp3) is 0.636. The molecule has 9 nitrogen and oxygen atoms in total. The number of nitrogens with one attached hydrogen (secondary N) is 1. The van der Waals surface area contributed by atoms with Crippen molar-refractivity contribution in [3.63, 3.8) is 0 Å². The van der Waals surface area contributed by atoms with Crippen molar-refractivity contribution in [2.45, 2.75) is 52.7 Å². The van der Waals surface area contributed by atoms with Crippen molar-refractivity contribution in [1.29, 1.82) is 0 Å². The Kier molecular flexibility index (Phi) is 9.90. The number of alkyl carbamates (subject to hydrolysis) is 1. The molecular formula is C22H35NO8. The van der Waals surface area contributed by atoms with E-state index in [-0.39, 0.29) is 13.2 Å². The number of esters is 1. The number of ether oxygens (including phenoxy) is 6. The Hall–Kier alpha value is -2.68. The van der Waals surface area contributed by atoms with Gasteiger partial charge in [-0.05, 0) is 53.7 Å². The van der Waals surface area contributed by atoms with Crippen molar-refractivity contribution in [3.05, 3.63) is 17.7 Å². The number of hydrogen-bond acceptors (Lipinski definition) is 8. The van der Waals surface area contributed by atoms with Gasteiger partial charge in [-0.1, -0.05) is 0 Å². The third-order valence-electron chi connectivity index (χ3n) is 3.48. The smallest absolute Gasteiger partial charge is 0.407 e. The van der Waals surface area contributed by atoms with Gasteiger partial charge < -0.3 is 33.7 Å². The first-order chi connectivity index (χ1) is 14.4. The quantitative estimate of drug-likeness (QED) is 0.434. The molecule has 31 heavy (non-hydrogen) atoms. The zero-order valence-electron chi connectivity index (χ0n) is 19.7. The molecule has 1 aromatic rings. The molecule has 1 N–H and O–H groups in total. The minimum absolute atomic E-state index is 0.213. The molecule has 176 valence electrons. The van der Waals surface area contributed by atoms with Crippen molar-refractivity contribution in [3.8, 4) is 17.2 Å². The summed E-state index contributed by atoms with van der Waals surface area (Å²) in [5.41, 5.74) is -0.876. The first kappa shape index (κ1) is 26.4. The average Bonchev–Trinajstić information content (AvgIpc) is 2.63. The molecule has 0 aliphatic rings. The molecule has 0 heterocycles. The van der Waals surface area contributed by atoms with Gasteiger partial charge in [0.05, 0.1) is 33.0 Å². The average molecular weight is 442 g/mol. The molecule has 0 bridgehead atoms. The highest BCUT2D eigenvalue weighted by atomic mass is 16.6. The third kappa shape index (κ3) is 10.3. The van der Waals surface area contributed by atoms with Gasteiger partial charge in [0.25, 0.3) is 0 Å². The molecule has 0 atom stereocenters. The van der Waals surface area contributed by atoms with Crippen LogP contribution in [0.25, 0.3) is 0 Å². The predicted octanol–water partition coefficient (Wildman–Crippen LogP) is 3.58. The summed E-state index contributed by atoms with van der Waals surface area (Å²) in [6.45, 7) is 11.9. The monoisotopic (exact) mass is 441 g/mol. The first-order valence-corrected chi connectivity index (χ1v) is 10.0. The zero-order valence-corrected chi connectivity index (χ0v) is 19.7. The van der Waals surface area contributed by atoms with E-state index in [1.54, 1.807) is 41.5 Å². The fourth-order valence-corrected chi connectivity index (χ4v) is 2.32. The zero-order chi connectivity index (χ0) is 23.7. The Morgan fingerprint density at radius 2 is 1.39 bits per heavy atom. The van der Waals surface area contributed by atoms with E-state index < -0.39 is 23.3 Å². The molecule has 0 spiro atoms. The highest BCUT2D eigenvalue weighted by Crippen LogP contribution is 2.39. The molecule has 0 saturated carbocycles. The Labute approximate surface area is 184 Å². The van der Waals surface area contributed by atoms with Crippen LogP contribution in [0.1, 0.15) is 51.9 Å². The molecule has 0 aliphatic carbocycles. The summed E-state index contributed by atoms with van der Waals surface area (Å²) in [4.78, 5) is 23.9. The van der Waals surface area contributed by atoms with E-state index in [9.17, 15) is 9.59 Å². The second kappa shape index (κ2) is 11.6. The van der Waals surface area contributed by atoms with Gasteiger partial charge in [-0.25, -0.2) is 9.59 Å². The van der Waals surface area contributed by atoms with Gasteiger partial charge >= 0.3 is 12.1 Å². The lowest BCUT2D eigenvalue weighted by Crippen LogP contribution is -2.34. The van der Waals surface area contributed by atoms with Gasteiger partial charge in [-0.2, -0.15) is 0 Å². The molecule has 0 aliphatic heterocycles. The van der Waals surface area contributed by atoms with Crippen LogP contribution in [0.2, 0.25) is 0 Å². The van der Waals surface area contributed by atoms with Gasteiger partial charge in [0.1, 0.15) is 17.8 Å². The molecule has 0 unspecified atom stereocenters. The van der Waals surface area contributed by atoms with Crippen LogP contribution in [0.15, 0.2) is 12.1 Å². The summed E-state index contributed by atoms with van der Waals surface area (Å²) in [6, 6.07) is 3.08. The Morgan fingerprint density at radius 1 is 0.839 bits per heavy atom. The highest BCUT2D eigenvalue weighted by molar-refractivity contribution is 5.91. The van der Waals surface area contributed by atoms with Crippen molar-refractivity contribution in [2.75, 3.05) is 40.6 Å². The van der Waals surface area contributed by atoms with E-state index in [1.165, 1.54) is 26.4 Å². The van der Waals surface area contributed by atoms with Crippen LogP contribution in [-0.4, -0.2) is 63.8 Å². The van der Waals surface area contributed by atoms with Gasteiger partial charge in [0.2, 0.25) is 5.75 Å². The third-order valence-corrected chi connectivity index (χ3v) is 3.48. The molecule has 0 fully saturated rings. The molecule has 1 aromatic carbocycles. The van der Waals surface area contributed by atoms with E-state index in [0.717, 1.165) is 0 Å². The number of carbonyl (C=O) groups excluding carboxylic acids is 2. The Morgan fingerprint density at radius 3 is 1.87 bits per heavy atom. The standard InChI is InChI=1S/C22H35NO8/c1-21(2,3)30-19(24)15-13-16(26-7)18(17(14-15)27-8)29-12-11-28-10-9-23-20(25)31-22(4,5)6/h13-14H,9-12H2,1-8H3,(H,23,25). The fourth-order valence-electron chi connectivity index (χ4n) is 2.32. The maximum Gasteiger partial charge on any atom is 0.407 e. The van der Waals surface area contributed by atoms with E-state index in [4.69, 9.17) is 28.4 Å². The summed E-state index contributed by atoms with van der Waals surface area (Å²) in [5.74, 6) is 0.544. The van der Waals surface area contributed by atoms with Crippen LogP contribution in [0.3, 0.4) is 0 Å². The van der Waals surface area contributed by atoms with E-state index >= 15 is 0 Å². The van der Waals surface area contributed by atoms with Crippen LogP contribution in [0, 0.1) is 0 Å². The molecule has 0 saturated heterocycles. The summed E-state index contributed by atoms with van der Waals surface area (Å²) >= 11 is 0. The van der Waals surface area contributed by atoms with E-state index in [2.05, 4.69) is 5.32 Å². The van der Waals surface area contributed by atoms with Crippen LogP contribution in [0.5, 0.6) is 17.2 Å². The second-order valence-corrected chi connectivity index (χ2v) is 8.60. The number of methoxy groups -OCH3 is 2.